The zero-order chi connectivity index (χ0) is 15.6. The molecule has 1 aromatic rings. The molecule has 114 valence electrons. The standard InChI is InChI=1S/C13H12F3NO4/c14-13(15,16)8-4-2-1-3-7(8)5-9-11(12(19)20)17-10(18)6-21-9/h1-4,9,11H,5-6H2,(H,17,18)(H,19,20). The molecule has 1 amide bonds. The highest BCUT2D eigenvalue weighted by molar-refractivity contribution is 5.85. The van der Waals surface area contributed by atoms with Gasteiger partial charge in [-0.3, -0.25) is 4.79 Å². The van der Waals surface area contributed by atoms with Crippen molar-refractivity contribution in [3.8, 4) is 0 Å². The van der Waals surface area contributed by atoms with E-state index >= 15 is 0 Å². The third kappa shape index (κ3) is 3.52. The third-order valence-corrected chi connectivity index (χ3v) is 3.13. The van der Waals surface area contributed by atoms with Crippen LogP contribution in [0.2, 0.25) is 0 Å². The van der Waals surface area contributed by atoms with Crippen molar-refractivity contribution in [1.82, 2.24) is 5.32 Å². The maximum absolute atomic E-state index is 12.9. The van der Waals surface area contributed by atoms with Crippen LogP contribution in [0.1, 0.15) is 11.1 Å². The number of benzene rings is 1. The number of ether oxygens (including phenoxy) is 1. The molecule has 5 nitrogen and oxygen atoms in total. The van der Waals surface area contributed by atoms with Crippen LogP contribution in [-0.4, -0.2) is 35.7 Å². The van der Waals surface area contributed by atoms with E-state index in [-0.39, 0.29) is 18.6 Å². The minimum Gasteiger partial charge on any atom is -0.480 e. The number of halogens is 3. The average Bonchev–Trinajstić information content (AvgIpc) is 2.40. The molecule has 0 aliphatic carbocycles. The summed E-state index contributed by atoms with van der Waals surface area (Å²) in [6.45, 7) is -0.372. The first-order valence-electron chi connectivity index (χ1n) is 6.08. The van der Waals surface area contributed by atoms with E-state index < -0.39 is 35.8 Å². The molecule has 0 aromatic heterocycles. The van der Waals surface area contributed by atoms with Gasteiger partial charge >= 0.3 is 12.1 Å². The predicted molar refractivity (Wildman–Crippen MR) is 64.5 cm³/mol. The first kappa shape index (κ1) is 15.3. The largest absolute Gasteiger partial charge is 0.480 e. The van der Waals surface area contributed by atoms with Crippen molar-refractivity contribution < 1.29 is 32.6 Å². The summed E-state index contributed by atoms with van der Waals surface area (Å²) in [5.74, 6) is -1.96. The van der Waals surface area contributed by atoms with Crippen molar-refractivity contribution in [3.05, 3.63) is 35.4 Å². The summed E-state index contributed by atoms with van der Waals surface area (Å²) in [6.07, 6.45) is -5.84. The lowest BCUT2D eigenvalue weighted by Gasteiger charge is -2.30. The van der Waals surface area contributed by atoms with Crippen LogP contribution in [0.15, 0.2) is 24.3 Å². The fraction of sp³-hybridized carbons (Fsp3) is 0.385. The van der Waals surface area contributed by atoms with Gasteiger partial charge in [-0.15, -0.1) is 0 Å². The summed E-state index contributed by atoms with van der Waals surface area (Å²) in [6, 6.07) is 3.51. The summed E-state index contributed by atoms with van der Waals surface area (Å²) >= 11 is 0. The molecule has 2 unspecified atom stereocenters. The van der Waals surface area contributed by atoms with E-state index in [1.54, 1.807) is 0 Å². The van der Waals surface area contributed by atoms with Gasteiger partial charge in [0.1, 0.15) is 6.61 Å². The Morgan fingerprint density at radius 2 is 2.05 bits per heavy atom. The highest BCUT2D eigenvalue weighted by Crippen LogP contribution is 2.32. The fourth-order valence-corrected chi connectivity index (χ4v) is 2.18. The molecule has 21 heavy (non-hydrogen) atoms. The molecule has 0 bridgehead atoms. The summed E-state index contributed by atoms with van der Waals surface area (Å²) in [7, 11) is 0. The number of rotatable bonds is 3. The summed E-state index contributed by atoms with van der Waals surface area (Å²) in [5, 5.41) is 11.2. The van der Waals surface area contributed by atoms with E-state index in [1.807, 2.05) is 0 Å². The van der Waals surface area contributed by atoms with Crippen molar-refractivity contribution in [2.75, 3.05) is 6.61 Å². The Balaban J connectivity index is 2.25. The molecule has 1 saturated heterocycles. The van der Waals surface area contributed by atoms with E-state index in [4.69, 9.17) is 9.84 Å². The molecular weight excluding hydrogens is 291 g/mol. The summed E-state index contributed by atoms with van der Waals surface area (Å²) in [4.78, 5) is 22.2. The maximum atomic E-state index is 12.9. The van der Waals surface area contributed by atoms with Crippen molar-refractivity contribution in [2.45, 2.75) is 24.7 Å². The van der Waals surface area contributed by atoms with Gasteiger partial charge in [0.15, 0.2) is 6.04 Å². The Morgan fingerprint density at radius 1 is 1.38 bits per heavy atom. The SMILES string of the molecule is O=C1COC(Cc2ccccc2C(F)(F)F)C(C(=O)O)N1. The van der Waals surface area contributed by atoms with Crippen LogP contribution in [-0.2, 0) is 26.9 Å². The number of morpholine rings is 1. The monoisotopic (exact) mass is 303 g/mol. The summed E-state index contributed by atoms with van der Waals surface area (Å²) < 4.78 is 43.8. The van der Waals surface area contributed by atoms with Crippen molar-refractivity contribution in [2.24, 2.45) is 0 Å². The minimum atomic E-state index is -4.53. The van der Waals surface area contributed by atoms with Gasteiger partial charge in [-0.05, 0) is 11.6 Å². The van der Waals surface area contributed by atoms with E-state index in [0.717, 1.165) is 6.07 Å². The number of hydrogen-bond donors (Lipinski definition) is 2. The Kier molecular flexibility index (Phi) is 4.17. The molecule has 0 radical (unpaired) electrons. The number of amides is 1. The number of hydrogen-bond acceptors (Lipinski definition) is 3. The van der Waals surface area contributed by atoms with Gasteiger partial charge in [0.2, 0.25) is 5.91 Å². The highest BCUT2D eigenvalue weighted by atomic mass is 19.4. The summed E-state index contributed by atoms with van der Waals surface area (Å²) in [5.41, 5.74) is -0.910. The van der Waals surface area contributed by atoms with Crippen LogP contribution in [0.25, 0.3) is 0 Å². The normalized spacial score (nSPS) is 22.7. The molecule has 0 spiro atoms. The van der Waals surface area contributed by atoms with E-state index in [2.05, 4.69) is 5.32 Å². The second-order valence-electron chi connectivity index (χ2n) is 4.59. The lowest BCUT2D eigenvalue weighted by molar-refractivity contribution is -0.154. The Morgan fingerprint density at radius 3 is 2.67 bits per heavy atom. The van der Waals surface area contributed by atoms with Crippen LogP contribution in [0, 0.1) is 0 Å². The highest BCUT2D eigenvalue weighted by Gasteiger charge is 2.38. The molecule has 8 heteroatoms. The molecule has 2 rings (SSSR count). The first-order valence-corrected chi connectivity index (χ1v) is 6.08. The van der Waals surface area contributed by atoms with Gasteiger partial charge in [-0.25, -0.2) is 4.79 Å². The second-order valence-corrected chi connectivity index (χ2v) is 4.59. The van der Waals surface area contributed by atoms with E-state index in [9.17, 15) is 22.8 Å². The second kappa shape index (κ2) is 5.72. The maximum Gasteiger partial charge on any atom is 0.416 e. The minimum absolute atomic E-state index is 0.0719. The van der Waals surface area contributed by atoms with Gasteiger partial charge in [0, 0.05) is 6.42 Å². The van der Waals surface area contributed by atoms with Crippen molar-refractivity contribution >= 4 is 11.9 Å². The fourth-order valence-electron chi connectivity index (χ4n) is 2.18. The Hall–Kier alpha value is -2.09. The molecule has 1 aliphatic heterocycles. The van der Waals surface area contributed by atoms with Gasteiger partial charge < -0.3 is 15.2 Å². The zero-order valence-corrected chi connectivity index (χ0v) is 10.7. The van der Waals surface area contributed by atoms with E-state index in [1.165, 1.54) is 18.2 Å². The lowest BCUT2D eigenvalue weighted by Crippen LogP contribution is -2.56. The van der Waals surface area contributed by atoms with Gasteiger partial charge in [-0.1, -0.05) is 18.2 Å². The molecule has 1 fully saturated rings. The van der Waals surface area contributed by atoms with Gasteiger partial charge in [-0.2, -0.15) is 13.2 Å². The molecule has 2 N–H and O–H groups in total. The topological polar surface area (TPSA) is 75.6 Å². The molecular formula is C13H12F3NO4. The smallest absolute Gasteiger partial charge is 0.416 e. The molecule has 1 aliphatic rings. The third-order valence-electron chi connectivity index (χ3n) is 3.13. The Labute approximate surface area is 117 Å². The number of carbonyl (C=O) groups excluding carboxylic acids is 1. The number of nitrogens with one attached hydrogen (secondary N) is 1. The quantitative estimate of drug-likeness (QED) is 0.880. The van der Waals surface area contributed by atoms with Gasteiger partial charge in [0.25, 0.3) is 0 Å². The van der Waals surface area contributed by atoms with Crippen molar-refractivity contribution in [3.63, 3.8) is 0 Å². The van der Waals surface area contributed by atoms with Crippen LogP contribution in [0.3, 0.4) is 0 Å². The van der Waals surface area contributed by atoms with E-state index in [0.29, 0.717) is 0 Å². The molecule has 2 atom stereocenters. The van der Waals surface area contributed by atoms with Gasteiger partial charge in [0.05, 0.1) is 11.7 Å². The number of carbonyl (C=O) groups is 2. The molecule has 0 saturated carbocycles. The van der Waals surface area contributed by atoms with Crippen LogP contribution < -0.4 is 5.32 Å². The average molecular weight is 303 g/mol. The van der Waals surface area contributed by atoms with Crippen LogP contribution >= 0.6 is 0 Å². The van der Waals surface area contributed by atoms with Crippen molar-refractivity contribution in [1.29, 1.82) is 0 Å². The number of aliphatic carboxylic acids is 1. The molecule has 1 aromatic carbocycles. The first-order chi connectivity index (χ1) is 9.79. The predicted octanol–water partition coefficient (Wildman–Crippen LogP) is 1.22. The number of carboxylic acids is 1. The lowest BCUT2D eigenvalue weighted by atomic mass is 9.96. The number of carboxylic acid groups (broad SMARTS) is 1. The molecule has 1 heterocycles. The number of alkyl halides is 3. The van der Waals surface area contributed by atoms with Crippen LogP contribution in [0.5, 0.6) is 0 Å². The Bertz CT molecular complexity index is 559. The zero-order valence-electron chi connectivity index (χ0n) is 10.7. The van der Waals surface area contributed by atoms with Crippen LogP contribution in [0.4, 0.5) is 13.2 Å².